The minimum atomic E-state index is -1.51. The molecule has 10 heteroatoms. The molecule has 0 radical (unpaired) electrons. The Morgan fingerprint density at radius 2 is 1.60 bits per heavy atom. The van der Waals surface area contributed by atoms with Crippen molar-refractivity contribution in [3.63, 3.8) is 0 Å². The monoisotopic (exact) mass is 689 g/mol. The van der Waals surface area contributed by atoms with Gasteiger partial charge in [-0.05, 0) is 103 Å². The highest BCUT2D eigenvalue weighted by Crippen LogP contribution is 2.64. The van der Waals surface area contributed by atoms with Crippen LogP contribution in [0.3, 0.4) is 0 Å². The standard InChI is InChI=1S/C40H33ClFN3O5/c1-2-22-6-16-28(17-7-22)44-36(47)31-19-18-30-32(34(31)38(44)49)21-33-37(48)45(43-27-14-12-26(42)13-15-27)39(50)40(33,24-8-10-25(41)11-9-24)35(30)23-4-3-5-29(46)20-23/h3-18,20,31-35,43,46H,2,19,21H2,1H3/t31-,32+,33-,34-,35-,40+/m0/s1. The van der Waals surface area contributed by atoms with Gasteiger partial charge in [-0.1, -0.05) is 66.6 Å². The van der Waals surface area contributed by atoms with Crippen LogP contribution in [0.4, 0.5) is 15.8 Å². The fourth-order valence-electron chi connectivity index (χ4n) is 8.87. The Morgan fingerprint density at radius 3 is 2.28 bits per heavy atom. The highest BCUT2D eigenvalue weighted by Gasteiger charge is 2.70. The second-order valence-corrected chi connectivity index (χ2v) is 13.9. The van der Waals surface area contributed by atoms with Gasteiger partial charge in [0.05, 0.1) is 34.5 Å². The van der Waals surface area contributed by atoms with Crippen LogP contribution in [0.25, 0.3) is 0 Å². The molecule has 4 aromatic rings. The lowest BCUT2D eigenvalue weighted by atomic mass is 9.49. The van der Waals surface area contributed by atoms with Crippen molar-refractivity contribution in [2.45, 2.75) is 37.5 Å². The van der Waals surface area contributed by atoms with Crippen LogP contribution < -0.4 is 10.3 Å². The van der Waals surface area contributed by atoms with Crippen molar-refractivity contribution >= 4 is 46.6 Å². The quantitative estimate of drug-likeness (QED) is 0.168. The minimum absolute atomic E-state index is 0.0198. The summed E-state index contributed by atoms with van der Waals surface area (Å²) in [6.45, 7) is 2.03. The molecule has 2 saturated heterocycles. The van der Waals surface area contributed by atoms with Crippen LogP contribution in [-0.4, -0.2) is 33.7 Å². The summed E-state index contributed by atoms with van der Waals surface area (Å²) in [6.07, 6.45) is 3.19. The molecule has 3 fully saturated rings. The lowest BCUT2D eigenvalue weighted by molar-refractivity contribution is -0.138. The average molecular weight is 690 g/mol. The third-order valence-electron chi connectivity index (χ3n) is 11.1. The third-order valence-corrected chi connectivity index (χ3v) is 11.3. The molecular weight excluding hydrogens is 657 g/mol. The van der Waals surface area contributed by atoms with Crippen LogP contribution in [0.15, 0.2) is 109 Å². The fourth-order valence-corrected chi connectivity index (χ4v) is 9.00. The number of carbonyl (C=O) groups is 4. The summed E-state index contributed by atoms with van der Waals surface area (Å²) in [5.74, 6) is -5.83. The summed E-state index contributed by atoms with van der Waals surface area (Å²) in [7, 11) is 0. The Hall–Kier alpha value is -5.28. The van der Waals surface area contributed by atoms with Crippen molar-refractivity contribution in [1.82, 2.24) is 5.01 Å². The topological polar surface area (TPSA) is 107 Å². The molecule has 0 aromatic heterocycles. The van der Waals surface area contributed by atoms with E-state index >= 15 is 4.79 Å². The molecule has 8 nitrogen and oxygen atoms in total. The van der Waals surface area contributed by atoms with Crippen molar-refractivity contribution in [3.05, 3.63) is 136 Å². The van der Waals surface area contributed by atoms with E-state index in [-0.39, 0.29) is 30.4 Å². The zero-order valence-electron chi connectivity index (χ0n) is 27.1. The van der Waals surface area contributed by atoms with Gasteiger partial charge in [0, 0.05) is 10.9 Å². The van der Waals surface area contributed by atoms with Crippen LogP contribution in [0.2, 0.25) is 5.02 Å². The molecule has 0 unspecified atom stereocenters. The van der Waals surface area contributed by atoms with Gasteiger partial charge in [0.1, 0.15) is 11.6 Å². The van der Waals surface area contributed by atoms with E-state index in [4.69, 9.17) is 11.6 Å². The number of aryl methyl sites for hydroxylation is 1. The fraction of sp³-hybridized carbons (Fsp3) is 0.250. The van der Waals surface area contributed by atoms with E-state index in [2.05, 4.69) is 5.43 Å². The highest BCUT2D eigenvalue weighted by molar-refractivity contribution is 6.30. The smallest absolute Gasteiger partial charge is 0.260 e. The molecule has 4 aromatic carbocycles. The van der Waals surface area contributed by atoms with Gasteiger partial charge < -0.3 is 5.11 Å². The number of phenolic OH excluding ortho intramolecular Hbond substituents is 1. The number of phenols is 1. The average Bonchev–Trinajstić information content (AvgIpc) is 3.50. The predicted octanol–water partition coefficient (Wildman–Crippen LogP) is 6.94. The van der Waals surface area contributed by atoms with E-state index in [1.807, 2.05) is 31.2 Å². The number of rotatable bonds is 6. The number of anilines is 2. The number of nitrogens with zero attached hydrogens (tertiary/aromatic N) is 2. The first-order chi connectivity index (χ1) is 24.1. The van der Waals surface area contributed by atoms with Gasteiger partial charge in [0.25, 0.3) is 11.8 Å². The molecule has 0 spiro atoms. The molecule has 8 rings (SSSR count). The number of hydrazine groups is 1. The van der Waals surface area contributed by atoms with E-state index in [0.717, 1.165) is 22.6 Å². The van der Waals surface area contributed by atoms with Crippen LogP contribution >= 0.6 is 11.6 Å². The maximum atomic E-state index is 15.1. The molecule has 2 aliphatic heterocycles. The summed E-state index contributed by atoms with van der Waals surface area (Å²) in [5, 5.41) is 12.2. The molecule has 2 aliphatic carbocycles. The Balaban J connectivity index is 1.30. The van der Waals surface area contributed by atoms with E-state index in [1.54, 1.807) is 48.5 Å². The number of carbonyl (C=O) groups excluding carboxylic acids is 4. The number of fused-ring (bicyclic) bond motifs is 4. The van der Waals surface area contributed by atoms with E-state index < -0.39 is 52.6 Å². The number of hydrogen-bond donors (Lipinski definition) is 2. The zero-order valence-corrected chi connectivity index (χ0v) is 27.8. The Morgan fingerprint density at radius 1 is 0.880 bits per heavy atom. The molecular formula is C40H33ClFN3O5. The number of imide groups is 2. The molecule has 6 atom stereocenters. The summed E-state index contributed by atoms with van der Waals surface area (Å²) in [6, 6.07) is 26.2. The molecule has 0 bridgehead atoms. The van der Waals surface area contributed by atoms with Crippen molar-refractivity contribution < 1.29 is 28.7 Å². The predicted molar refractivity (Wildman–Crippen MR) is 185 cm³/mol. The van der Waals surface area contributed by atoms with Crippen LogP contribution in [0, 0.1) is 29.5 Å². The largest absolute Gasteiger partial charge is 0.508 e. The Labute approximate surface area is 293 Å². The lowest BCUT2D eigenvalue weighted by Crippen LogP contribution is -2.53. The van der Waals surface area contributed by atoms with Crippen molar-refractivity contribution in [2.75, 3.05) is 10.3 Å². The van der Waals surface area contributed by atoms with E-state index in [0.29, 0.717) is 27.5 Å². The first kappa shape index (κ1) is 32.0. The second kappa shape index (κ2) is 11.9. The van der Waals surface area contributed by atoms with Gasteiger partial charge in [0.15, 0.2) is 0 Å². The Bertz CT molecular complexity index is 2080. The van der Waals surface area contributed by atoms with Gasteiger partial charge >= 0.3 is 0 Å². The lowest BCUT2D eigenvalue weighted by Gasteiger charge is -2.50. The van der Waals surface area contributed by atoms with Crippen LogP contribution in [0.5, 0.6) is 5.75 Å². The first-order valence-electron chi connectivity index (χ1n) is 16.8. The van der Waals surface area contributed by atoms with Gasteiger partial charge in [0.2, 0.25) is 11.8 Å². The summed E-state index contributed by atoms with van der Waals surface area (Å²) >= 11 is 6.34. The Kier molecular flexibility index (Phi) is 7.64. The van der Waals surface area contributed by atoms with Gasteiger partial charge in [-0.2, -0.15) is 5.01 Å². The van der Waals surface area contributed by atoms with Crippen molar-refractivity contribution in [2.24, 2.45) is 23.7 Å². The SMILES string of the molecule is CCc1ccc(N2C(=O)[C@H]3[C@H](CC=C4[C@H]3C[C@H]3C(=O)N(Nc5ccc(F)cc5)C(=O)[C@@]3(c3ccc(Cl)cc3)[C@H]4c3cccc(O)c3)C2=O)cc1. The normalized spacial score (nSPS) is 27.2. The number of allylic oxidation sites excluding steroid dienone is 2. The van der Waals surface area contributed by atoms with Gasteiger partial charge in [-0.15, -0.1) is 0 Å². The minimum Gasteiger partial charge on any atom is -0.508 e. The number of nitrogens with one attached hydrogen (secondary N) is 1. The molecule has 2 N–H and O–H groups in total. The third kappa shape index (κ3) is 4.70. The maximum Gasteiger partial charge on any atom is 0.260 e. The molecule has 252 valence electrons. The molecule has 4 amide bonds. The van der Waals surface area contributed by atoms with Crippen molar-refractivity contribution in [3.8, 4) is 5.75 Å². The second-order valence-electron chi connectivity index (χ2n) is 13.5. The molecule has 4 aliphatic rings. The van der Waals surface area contributed by atoms with E-state index in [9.17, 15) is 23.9 Å². The highest BCUT2D eigenvalue weighted by atomic mass is 35.5. The number of aromatic hydroxyl groups is 1. The summed E-state index contributed by atoms with van der Waals surface area (Å²) in [4.78, 5) is 59.5. The van der Waals surface area contributed by atoms with Crippen molar-refractivity contribution in [1.29, 1.82) is 0 Å². The summed E-state index contributed by atoms with van der Waals surface area (Å²) < 4.78 is 13.8. The summed E-state index contributed by atoms with van der Waals surface area (Å²) in [5.41, 5.74) is 5.26. The number of halogens is 2. The van der Waals surface area contributed by atoms with E-state index in [1.165, 1.54) is 35.2 Å². The zero-order chi connectivity index (χ0) is 34.9. The molecule has 2 heterocycles. The first-order valence-corrected chi connectivity index (χ1v) is 17.1. The number of benzene rings is 4. The molecule has 50 heavy (non-hydrogen) atoms. The van der Waals surface area contributed by atoms with Crippen LogP contribution in [-0.2, 0) is 31.0 Å². The molecule has 1 saturated carbocycles. The number of hydrogen-bond acceptors (Lipinski definition) is 6. The van der Waals surface area contributed by atoms with Gasteiger partial charge in [-0.3, -0.25) is 29.5 Å². The van der Waals surface area contributed by atoms with Gasteiger partial charge in [-0.25, -0.2) is 4.39 Å². The maximum absolute atomic E-state index is 15.1. The van der Waals surface area contributed by atoms with Crippen LogP contribution in [0.1, 0.15) is 42.4 Å². The number of amides is 4.